The maximum atomic E-state index is 14.6. The van der Waals surface area contributed by atoms with Crippen molar-refractivity contribution in [2.24, 2.45) is 7.05 Å². The van der Waals surface area contributed by atoms with Gasteiger partial charge in [-0.05, 0) is 0 Å². The van der Waals surface area contributed by atoms with Gasteiger partial charge in [-0.1, -0.05) is 0 Å². The van der Waals surface area contributed by atoms with E-state index in [1.54, 1.807) is 0 Å². The number of halogens is 8. The summed E-state index contributed by atoms with van der Waals surface area (Å²) >= 11 is 0. The van der Waals surface area contributed by atoms with Crippen LogP contribution in [0.2, 0.25) is 0 Å². The zero-order chi connectivity index (χ0) is 25.8. The average molecular weight is 493 g/mol. The Bertz CT molecular complexity index is 1240. The second kappa shape index (κ2) is 8.33. The van der Waals surface area contributed by atoms with E-state index in [-0.39, 0.29) is 27.8 Å². The molecule has 2 aromatic heterocycles. The molecule has 182 valence electrons. The van der Waals surface area contributed by atoms with E-state index in [9.17, 15) is 39.9 Å². The quantitative estimate of drug-likeness (QED) is 0.548. The standard InChI is InChI=1S/C20H16BF8N3O2/c1-9-6-11(18(23,19(24,25)26)20(27,28)29)8-12-14(9)32(3)15(21-12)10-4-5-30-13(7-10)31(2)17(34)16(22)33/h4-8,16,33H,1-3H3. The van der Waals surface area contributed by atoms with Crippen LogP contribution in [-0.2, 0) is 17.5 Å². The second-order valence-corrected chi connectivity index (χ2v) is 7.61. The van der Waals surface area contributed by atoms with Gasteiger partial charge in [0.15, 0.2) is 0 Å². The van der Waals surface area contributed by atoms with Crippen LogP contribution in [0.15, 0.2) is 30.5 Å². The van der Waals surface area contributed by atoms with Crippen molar-refractivity contribution < 1.29 is 45.0 Å². The molecule has 1 amide bonds. The second-order valence-electron chi connectivity index (χ2n) is 7.61. The number of anilines is 1. The summed E-state index contributed by atoms with van der Waals surface area (Å²) in [5.74, 6) is -1.39. The summed E-state index contributed by atoms with van der Waals surface area (Å²) in [4.78, 5) is 16.3. The number of benzene rings is 1. The normalized spacial score (nSPS) is 13.8. The molecule has 3 rings (SSSR count). The van der Waals surface area contributed by atoms with Crippen molar-refractivity contribution in [2.45, 2.75) is 31.3 Å². The van der Waals surface area contributed by atoms with Gasteiger partial charge in [-0.15, -0.1) is 0 Å². The van der Waals surface area contributed by atoms with Gasteiger partial charge in [0, 0.05) is 0 Å². The van der Waals surface area contributed by atoms with Gasteiger partial charge in [0.1, 0.15) is 0 Å². The van der Waals surface area contributed by atoms with Crippen LogP contribution in [0, 0.1) is 6.92 Å². The van der Waals surface area contributed by atoms with Gasteiger partial charge in [0.25, 0.3) is 0 Å². The minimum atomic E-state index is -6.25. The van der Waals surface area contributed by atoms with E-state index in [1.807, 2.05) is 0 Å². The summed E-state index contributed by atoms with van der Waals surface area (Å²) in [5.41, 5.74) is -6.38. The number of aliphatic hydroxyl groups is 1. The molecule has 3 aromatic rings. The Labute approximate surface area is 187 Å². The average Bonchev–Trinajstić information content (AvgIpc) is 3.07. The van der Waals surface area contributed by atoms with E-state index in [0.29, 0.717) is 17.7 Å². The van der Waals surface area contributed by atoms with Crippen LogP contribution < -0.4 is 4.90 Å². The van der Waals surface area contributed by atoms with Crippen molar-refractivity contribution in [3.8, 4) is 11.2 Å². The van der Waals surface area contributed by atoms with Gasteiger partial charge in [-0.3, -0.25) is 0 Å². The number of nitrogens with zero attached hydrogens (tertiary/aromatic N) is 3. The molecular weight excluding hydrogens is 477 g/mol. The first-order chi connectivity index (χ1) is 15.5. The van der Waals surface area contributed by atoms with Crippen molar-refractivity contribution in [2.75, 3.05) is 11.9 Å². The summed E-state index contributed by atoms with van der Waals surface area (Å²) in [6, 6.07) is 3.73. The predicted molar refractivity (Wildman–Crippen MR) is 108 cm³/mol. The van der Waals surface area contributed by atoms with E-state index in [1.165, 1.54) is 43.8 Å². The third-order valence-corrected chi connectivity index (χ3v) is 5.42. The molecule has 0 aliphatic heterocycles. The predicted octanol–water partition coefficient (Wildman–Crippen LogP) is 4.43. The molecule has 2 heterocycles. The molecule has 34 heavy (non-hydrogen) atoms. The molecule has 0 bridgehead atoms. The summed E-state index contributed by atoms with van der Waals surface area (Å²) in [6.45, 7) is 2.50. The van der Waals surface area contributed by atoms with Crippen LogP contribution in [0.5, 0.6) is 0 Å². The number of rotatable bonds is 4. The summed E-state index contributed by atoms with van der Waals surface area (Å²) in [5, 5.41) is 8.74. The monoisotopic (exact) mass is 493 g/mol. The van der Waals surface area contributed by atoms with Crippen LogP contribution in [-0.4, -0.2) is 53.2 Å². The number of aromatic nitrogens is 2. The number of hydrogen-bond donors (Lipinski definition) is 1. The van der Waals surface area contributed by atoms with E-state index < -0.39 is 35.8 Å². The van der Waals surface area contributed by atoms with E-state index >= 15 is 0 Å². The van der Waals surface area contributed by atoms with Gasteiger partial charge < -0.3 is 0 Å². The first kappa shape index (κ1) is 25.6. The Hall–Kier alpha value is -3.03. The Kier molecular flexibility index (Phi) is 6.27. The molecule has 0 saturated carbocycles. The van der Waals surface area contributed by atoms with Crippen LogP contribution >= 0.6 is 0 Å². The first-order valence-electron chi connectivity index (χ1n) is 9.49. The fourth-order valence-corrected chi connectivity index (χ4v) is 3.74. The molecule has 5 nitrogen and oxygen atoms in total. The van der Waals surface area contributed by atoms with Gasteiger partial charge in [-0.25, -0.2) is 0 Å². The van der Waals surface area contributed by atoms with Crippen molar-refractivity contribution in [3.05, 3.63) is 41.6 Å². The number of aliphatic hydroxyl groups excluding tert-OH is 1. The molecule has 0 aliphatic rings. The number of fused-ring (bicyclic) bond motifs is 1. The Morgan fingerprint density at radius 2 is 1.71 bits per heavy atom. The zero-order valence-corrected chi connectivity index (χ0v) is 17.8. The number of hydrogen-bond acceptors (Lipinski definition) is 3. The Balaban J connectivity index is 2.19. The molecule has 0 saturated heterocycles. The summed E-state index contributed by atoms with van der Waals surface area (Å²) in [7, 11) is 2.63. The summed E-state index contributed by atoms with van der Waals surface area (Å²) in [6.07, 6.45) is -14.1. The Morgan fingerprint density at radius 1 is 1.12 bits per heavy atom. The van der Waals surface area contributed by atoms with E-state index in [4.69, 9.17) is 5.11 Å². The number of amides is 1. The van der Waals surface area contributed by atoms with Crippen LogP contribution in [0.3, 0.4) is 0 Å². The van der Waals surface area contributed by atoms with E-state index in [2.05, 4.69) is 4.98 Å². The number of aryl methyl sites for hydroxylation is 2. The number of carbonyl (C=O) groups excluding carboxylic acids is 1. The molecule has 1 aromatic carbocycles. The Morgan fingerprint density at radius 3 is 2.24 bits per heavy atom. The zero-order valence-electron chi connectivity index (χ0n) is 17.8. The number of alkyl halides is 8. The molecule has 0 spiro atoms. The third-order valence-electron chi connectivity index (χ3n) is 5.42. The number of pyridine rings is 1. The first-order valence-corrected chi connectivity index (χ1v) is 9.49. The van der Waals surface area contributed by atoms with Gasteiger partial charge in [0.2, 0.25) is 0 Å². The molecule has 0 fully saturated rings. The molecule has 1 N–H and O–H groups in total. The molecule has 0 radical (unpaired) electrons. The van der Waals surface area contributed by atoms with Crippen molar-refractivity contribution in [1.82, 2.24) is 9.55 Å². The number of carbonyl (C=O) groups is 1. The molecular formula is C20H16BF8N3O2. The van der Waals surface area contributed by atoms with Crippen molar-refractivity contribution >= 4 is 29.4 Å². The van der Waals surface area contributed by atoms with Crippen molar-refractivity contribution in [1.29, 1.82) is 0 Å². The third kappa shape index (κ3) is 4.03. The van der Waals surface area contributed by atoms with Crippen LogP contribution in [0.4, 0.5) is 40.9 Å². The molecule has 14 heteroatoms. The van der Waals surface area contributed by atoms with E-state index in [0.717, 1.165) is 11.9 Å². The topological polar surface area (TPSA) is 58.4 Å². The van der Waals surface area contributed by atoms with Gasteiger partial charge in [-0.2, -0.15) is 0 Å². The number of likely N-dealkylation sites (N-methyl/N-ethyl adjacent to an activating group) is 1. The van der Waals surface area contributed by atoms with Crippen LogP contribution in [0.25, 0.3) is 22.0 Å². The fraction of sp³-hybridized carbons (Fsp3) is 0.350. The van der Waals surface area contributed by atoms with Gasteiger partial charge >= 0.3 is 187 Å². The van der Waals surface area contributed by atoms with Crippen LogP contribution in [0.1, 0.15) is 11.1 Å². The molecule has 0 aliphatic carbocycles. The minimum absolute atomic E-state index is 0.0427. The molecule has 1 atom stereocenters. The summed E-state index contributed by atoms with van der Waals surface area (Å²) < 4.78 is 108. The van der Waals surface area contributed by atoms with Gasteiger partial charge in [0.05, 0.1) is 0 Å². The SMILES string of the molecule is Cc1cc(C(F)(C(F)(F)F)C(F)(F)F)cc2bc(-c3ccnc(N(C)C(=O)C(O)F)c3)n(C)c12. The fourth-order valence-electron chi connectivity index (χ4n) is 3.74. The van der Waals surface area contributed by atoms with Crippen molar-refractivity contribution in [3.63, 3.8) is 0 Å². The maximum absolute atomic E-state index is 14.6. The molecule has 1 unspecified atom stereocenters.